The van der Waals surface area contributed by atoms with E-state index < -0.39 is 9.84 Å². The molecule has 8 heteroatoms. The Balaban J connectivity index is 1.16. The van der Waals surface area contributed by atoms with Crippen LogP contribution in [0.3, 0.4) is 0 Å². The Hall–Kier alpha value is -1.60. The number of fused-ring (bicyclic) bond motifs is 1. The quantitative estimate of drug-likeness (QED) is 0.789. The predicted molar refractivity (Wildman–Crippen MR) is 111 cm³/mol. The number of sulfone groups is 1. The van der Waals surface area contributed by atoms with Crippen molar-refractivity contribution in [2.45, 2.75) is 56.9 Å². The molecule has 0 unspecified atom stereocenters. The van der Waals surface area contributed by atoms with Crippen LogP contribution in [0.1, 0.15) is 56.8 Å². The van der Waals surface area contributed by atoms with Gasteiger partial charge in [0.15, 0.2) is 11.5 Å². The average molecular weight is 437 g/mol. The summed E-state index contributed by atoms with van der Waals surface area (Å²) >= 11 is 6.04. The number of aromatic nitrogens is 1. The van der Waals surface area contributed by atoms with E-state index in [1.807, 2.05) is 18.2 Å². The molecular weight excluding hydrogens is 412 g/mol. The summed E-state index contributed by atoms with van der Waals surface area (Å²) in [5.74, 6) is 1.28. The first-order chi connectivity index (χ1) is 13.8. The molecule has 1 N–H and O–H groups in total. The standard InChI is InChI=1S/C21H25ClN2O4S/c22-15-1-2-18-17(9-15)24-20(28-18)14-10-21(11-14)6-3-16(12-21)23-19(25)13-4-7-29(26,27)8-5-13/h1-2,9,13-14,16H,3-8,10-12H2,(H,23,25)/t14?,16-,21?/m0/s1. The Bertz CT molecular complexity index is 1040. The zero-order chi connectivity index (χ0) is 20.2. The number of hydrogen-bond acceptors (Lipinski definition) is 5. The van der Waals surface area contributed by atoms with Crippen molar-refractivity contribution in [2.75, 3.05) is 11.5 Å². The molecular formula is C21H25ClN2O4S. The highest BCUT2D eigenvalue weighted by Gasteiger charge is 2.51. The van der Waals surface area contributed by atoms with Crippen molar-refractivity contribution in [1.82, 2.24) is 10.3 Å². The third-order valence-corrected chi connectivity index (χ3v) is 9.00. The summed E-state index contributed by atoms with van der Waals surface area (Å²) in [5.41, 5.74) is 1.85. The zero-order valence-corrected chi connectivity index (χ0v) is 17.8. The van der Waals surface area contributed by atoms with Crippen molar-refractivity contribution in [2.24, 2.45) is 11.3 Å². The van der Waals surface area contributed by atoms with E-state index in [-0.39, 0.29) is 34.8 Å². The number of nitrogens with zero attached hydrogens (tertiary/aromatic N) is 1. The van der Waals surface area contributed by atoms with Gasteiger partial charge in [-0.1, -0.05) is 11.6 Å². The van der Waals surface area contributed by atoms with E-state index in [0.717, 1.165) is 49.1 Å². The fourth-order valence-corrected chi connectivity index (χ4v) is 7.08. The molecule has 1 spiro atoms. The van der Waals surface area contributed by atoms with Crippen LogP contribution in [0, 0.1) is 11.3 Å². The number of amides is 1. The van der Waals surface area contributed by atoms with Crippen LogP contribution >= 0.6 is 11.6 Å². The summed E-state index contributed by atoms with van der Waals surface area (Å²) in [6, 6.07) is 5.70. The van der Waals surface area contributed by atoms with Gasteiger partial charge in [0.2, 0.25) is 5.91 Å². The number of halogens is 1. The highest BCUT2D eigenvalue weighted by Crippen LogP contribution is 2.59. The molecule has 2 heterocycles. The van der Waals surface area contributed by atoms with Crippen LogP contribution in [-0.2, 0) is 14.6 Å². The number of rotatable bonds is 3. The second-order valence-corrected chi connectivity index (χ2v) is 11.9. The lowest BCUT2D eigenvalue weighted by atomic mass is 9.61. The molecule has 3 fully saturated rings. The summed E-state index contributed by atoms with van der Waals surface area (Å²) in [5, 5.41) is 3.85. The van der Waals surface area contributed by atoms with Gasteiger partial charge >= 0.3 is 0 Å². The molecule has 0 bridgehead atoms. The van der Waals surface area contributed by atoms with Crippen molar-refractivity contribution in [1.29, 1.82) is 0 Å². The van der Waals surface area contributed by atoms with Gasteiger partial charge in [-0.2, -0.15) is 0 Å². The minimum atomic E-state index is -2.94. The molecule has 1 aromatic carbocycles. The van der Waals surface area contributed by atoms with Crippen LogP contribution < -0.4 is 5.32 Å². The second-order valence-electron chi connectivity index (χ2n) is 9.14. The third-order valence-electron chi connectivity index (χ3n) is 7.05. The normalized spacial score (nSPS) is 26.6. The van der Waals surface area contributed by atoms with E-state index >= 15 is 0 Å². The lowest BCUT2D eigenvalue weighted by Gasteiger charge is -2.44. The number of nitrogens with one attached hydrogen (secondary N) is 1. The van der Waals surface area contributed by atoms with Gasteiger partial charge in [0.25, 0.3) is 0 Å². The highest BCUT2D eigenvalue weighted by atomic mass is 35.5. The van der Waals surface area contributed by atoms with Crippen LogP contribution in [0.2, 0.25) is 5.02 Å². The van der Waals surface area contributed by atoms with E-state index in [2.05, 4.69) is 10.3 Å². The Morgan fingerprint density at radius 1 is 1.17 bits per heavy atom. The fraction of sp³-hybridized carbons (Fsp3) is 0.619. The SMILES string of the molecule is O=C(N[C@H]1CCC2(CC(c3nc4cc(Cl)ccc4o3)C2)C1)C1CCS(=O)(=O)CC1. The largest absolute Gasteiger partial charge is 0.440 e. The van der Waals surface area contributed by atoms with E-state index in [1.54, 1.807) is 0 Å². The van der Waals surface area contributed by atoms with Gasteiger partial charge in [-0.25, -0.2) is 13.4 Å². The highest BCUT2D eigenvalue weighted by molar-refractivity contribution is 7.91. The predicted octanol–water partition coefficient (Wildman–Crippen LogP) is 3.84. The topological polar surface area (TPSA) is 89.3 Å². The summed E-state index contributed by atoms with van der Waals surface area (Å²) in [6.45, 7) is 0. The van der Waals surface area contributed by atoms with Gasteiger partial charge in [-0.3, -0.25) is 4.79 Å². The Labute approximate surface area is 175 Å². The molecule has 2 aromatic rings. The Morgan fingerprint density at radius 2 is 1.93 bits per heavy atom. The van der Waals surface area contributed by atoms with Gasteiger partial charge in [0, 0.05) is 22.9 Å². The Kier molecular flexibility index (Phi) is 4.66. The summed E-state index contributed by atoms with van der Waals surface area (Å²) < 4.78 is 29.1. The minimum Gasteiger partial charge on any atom is -0.440 e. The maximum atomic E-state index is 12.6. The maximum Gasteiger partial charge on any atom is 0.223 e. The average Bonchev–Trinajstić information content (AvgIpc) is 3.24. The second kappa shape index (κ2) is 6.98. The van der Waals surface area contributed by atoms with E-state index in [1.165, 1.54) is 0 Å². The van der Waals surface area contributed by atoms with Crippen LogP contribution in [-0.4, -0.2) is 36.9 Å². The molecule has 156 valence electrons. The fourth-order valence-electron chi connectivity index (χ4n) is 5.43. The number of benzene rings is 1. The molecule has 1 aliphatic heterocycles. The Morgan fingerprint density at radius 3 is 2.69 bits per heavy atom. The lowest BCUT2D eigenvalue weighted by molar-refractivity contribution is -0.126. The summed E-state index contributed by atoms with van der Waals surface area (Å²) in [6.07, 6.45) is 6.09. The number of hydrogen-bond donors (Lipinski definition) is 1. The molecule has 3 aliphatic rings. The number of carbonyl (C=O) groups is 1. The van der Waals surface area contributed by atoms with Gasteiger partial charge in [-0.05, 0) is 68.6 Å². The van der Waals surface area contributed by atoms with Crippen molar-refractivity contribution in [3.63, 3.8) is 0 Å². The molecule has 1 aromatic heterocycles. The van der Waals surface area contributed by atoms with E-state index in [4.69, 9.17) is 16.0 Å². The van der Waals surface area contributed by atoms with Gasteiger partial charge in [0.1, 0.15) is 15.4 Å². The molecule has 5 rings (SSSR count). The first kappa shape index (κ1) is 19.4. The lowest BCUT2D eigenvalue weighted by Crippen LogP contribution is -2.42. The molecule has 0 radical (unpaired) electrons. The van der Waals surface area contributed by atoms with Crippen LogP contribution in [0.4, 0.5) is 0 Å². The first-order valence-electron chi connectivity index (χ1n) is 10.4. The number of oxazole rings is 1. The molecule has 1 saturated heterocycles. The van der Waals surface area contributed by atoms with Crippen molar-refractivity contribution in [3.8, 4) is 0 Å². The monoisotopic (exact) mass is 436 g/mol. The molecule has 2 saturated carbocycles. The van der Waals surface area contributed by atoms with Gasteiger partial charge in [-0.15, -0.1) is 0 Å². The molecule has 29 heavy (non-hydrogen) atoms. The van der Waals surface area contributed by atoms with E-state index in [0.29, 0.717) is 23.8 Å². The maximum absolute atomic E-state index is 12.6. The summed E-state index contributed by atoms with van der Waals surface area (Å²) in [7, 11) is -2.94. The minimum absolute atomic E-state index is 0.0358. The zero-order valence-electron chi connectivity index (χ0n) is 16.2. The molecule has 1 atom stereocenters. The smallest absolute Gasteiger partial charge is 0.223 e. The van der Waals surface area contributed by atoms with Crippen LogP contribution in [0.15, 0.2) is 22.6 Å². The van der Waals surface area contributed by atoms with Gasteiger partial charge < -0.3 is 9.73 Å². The van der Waals surface area contributed by atoms with Crippen LogP contribution in [0.25, 0.3) is 11.1 Å². The number of carbonyl (C=O) groups excluding carboxylic acids is 1. The van der Waals surface area contributed by atoms with Crippen LogP contribution in [0.5, 0.6) is 0 Å². The van der Waals surface area contributed by atoms with E-state index in [9.17, 15) is 13.2 Å². The van der Waals surface area contributed by atoms with Crippen molar-refractivity contribution in [3.05, 3.63) is 29.1 Å². The molecule has 1 amide bonds. The molecule has 2 aliphatic carbocycles. The molecule has 6 nitrogen and oxygen atoms in total. The van der Waals surface area contributed by atoms with Crippen molar-refractivity contribution >= 4 is 38.4 Å². The van der Waals surface area contributed by atoms with Crippen molar-refractivity contribution < 1.29 is 17.6 Å². The first-order valence-corrected chi connectivity index (χ1v) is 12.6. The summed E-state index contributed by atoms with van der Waals surface area (Å²) in [4.78, 5) is 17.2. The van der Waals surface area contributed by atoms with Gasteiger partial charge in [0.05, 0.1) is 11.5 Å². The third kappa shape index (κ3) is 3.79.